The summed E-state index contributed by atoms with van der Waals surface area (Å²) in [5.41, 5.74) is 3.36. The SMILES string of the molecule is CCOC(=O)[si]1ccc(C(C)C)cc1C(C)C. The van der Waals surface area contributed by atoms with Crippen LogP contribution in [0.15, 0.2) is 17.8 Å². The zero-order chi connectivity index (χ0) is 13.0. The summed E-state index contributed by atoms with van der Waals surface area (Å²) < 4.78 is 5.16. The average molecular weight is 250 g/mol. The number of hydrogen-bond donors (Lipinski definition) is 0. The van der Waals surface area contributed by atoms with Gasteiger partial charge in [0.2, 0.25) is 0 Å². The van der Waals surface area contributed by atoms with Crippen LogP contribution in [0.2, 0.25) is 0 Å². The second-order valence-corrected chi connectivity index (χ2v) is 7.02. The van der Waals surface area contributed by atoms with Gasteiger partial charge in [-0.15, -0.1) is 0 Å². The molecule has 0 spiro atoms. The van der Waals surface area contributed by atoms with Crippen LogP contribution in [-0.2, 0) is 4.74 Å². The normalized spacial score (nSPS) is 11.0. The summed E-state index contributed by atoms with van der Waals surface area (Å²) in [5, 5.41) is 1.26. The molecule has 0 fully saturated rings. The third-order valence-corrected chi connectivity index (χ3v) is 5.29. The van der Waals surface area contributed by atoms with Gasteiger partial charge in [0.25, 0.3) is 5.59 Å². The molecule has 0 saturated heterocycles. The minimum absolute atomic E-state index is 0.0310. The Balaban J connectivity index is 3.17. The van der Waals surface area contributed by atoms with Crippen molar-refractivity contribution in [1.82, 2.24) is 0 Å². The van der Waals surface area contributed by atoms with Crippen molar-refractivity contribution in [1.29, 1.82) is 0 Å². The summed E-state index contributed by atoms with van der Waals surface area (Å²) in [7, 11) is -1.29. The van der Waals surface area contributed by atoms with Crippen LogP contribution in [0, 0.1) is 0 Å². The van der Waals surface area contributed by atoms with Gasteiger partial charge in [0, 0.05) is 0 Å². The molecule has 1 aromatic heterocycles. The minimum Gasteiger partial charge on any atom is -0.467 e. The molecule has 0 aliphatic heterocycles. The number of carbonyl (C=O) groups excluding carboxylic acids is 1. The first-order valence-corrected chi connectivity index (χ1v) is 7.86. The summed E-state index contributed by atoms with van der Waals surface area (Å²) in [4.78, 5) is 11.9. The maximum atomic E-state index is 11.9. The van der Waals surface area contributed by atoms with Crippen LogP contribution in [0.1, 0.15) is 57.2 Å². The van der Waals surface area contributed by atoms with Gasteiger partial charge in [0.15, 0.2) is 8.40 Å². The van der Waals surface area contributed by atoms with Gasteiger partial charge in [-0.2, -0.15) is 0 Å². The Hall–Kier alpha value is -0.963. The molecule has 0 N–H and O–H groups in total. The van der Waals surface area contributed by atoms with Crippen LogP contribution in [0.5, 0.6) is 0 Å². The monoisotopic (exact) mass is 250 g/mol. The molecular weight excluding hydrogens is 228 g/mol. The van der Waals surface area contributed by atoms with Gasteiger partial charge in [-0.25, -0.2) is 0 Å². The molecule has 0 aromatic carbocycles. The highest BCUT2D eigenvalue weighted by Gasteiger charge is 2.17. The van der Waals surface area contributed by atoms with E-state index in [2.05, 4.69) is 45.5 Å². The van der Waals surface area contributed by atoms with E-state index < -0.39 is 8.40 Å². The van der Waals surface area contributed by atoms with Gasteiger partial charge in [-0.3, -0.25) is 4.79 Å². The van der Waals surface area contributed by atoms with Crippen LogP contribution >= 0.6 is 0 Å². The van der Waals surface area contributed by atoms with E-state index >= 15 is 0 Å². The average Bonchev–Trinajstić information content (AvgIpc) is 2.28. The van der Waals surface area contributed by atoms with Crippen LogP contribution in [0.25, 0.3) is 0 Å². The van der Waals surface area contributed by atoms with Gasteiger partial charge >= 0.3 is 0 Å². The molecular formula is C14H22O2Si. The Morgan fingerprint density at radius 1 is 1.29 bits per heavy atom. The largest absolute Gasteiger partial charge is 0.467 e. The zero-order valence-corrected chi connectivity index (χ0v) is 12.4. The van der Waals surface area contributed by atoms with Crippen molar-refractivity contribution in [2.24, 2.45) is 0 Å². The quantitative estimate of drug-likeness (QED) is 0.756. The van der Waals surface area contributed by atoms with E-state index in [-0.39, 0.29) is 5.59 Å². The van der Waals surface area contributed by atoms with Crippen molar-refractivity contribution in [3.8, 4) is 0 Å². The summed E-state index contributed by atoms with van der Waals surface area (Å²) in [6, 6.07) is 4.31. The third-order valence-electron chi connectivity index (χ3n) is 2.86. The van der Waals surface area contributed by atoms with Crippen molar-refractivity contribution in [2.75, 3.05) is 6.61 Å². The second-order valence-electron chi connectivity index (χ2n) is 4.88. The lowest BCUT2D eigenvalue weighted by molar-refractivity contribution is 0.178. The lowest BCUT2D eigenvalue weighted by Gasteiger charge is -2.14. The molecule has 0 saturated carbocycles. The maximum Gasteiger partial charge on any atom is 0.297 e. The highest BCUT2D eigenvalue weighted by atomic mass is 28.2. The standard InChI is InChI=1S/C14H22O2Si/c1-6-16-14(15)17-8-7-12(10(2)3)9-13(17)11(4)5/h7-11H,6H2,1-5H3. The molecule has 0 bridgehead atoms. The van der Waals surface area contributed by atoms with E-state index in [1.165, 1.54) is 10.7 Å². The summed E-state index contributed by atoms with van der Waals surface area (Å²) in [6.07, 6.45) is 0. The molecule has 3 heteroatoms. The highest BCUT2D eigenvalue weighted by Crippen LogP contribution is 2.21. The third kappa shape index (κ3) is 3.50. The fourth-order valence-electron chi connectivity index (χ4n) is 1.81. The molecule has 0 atom stereocenters. The number of ether oxygens (including phenoxy) is 1. The first-order valence-electron chi connectivity index (χ1n) is 6.28. The number of hydrogen-bond acceptors (Lipinski definition) is 2. The Morgan fingerprint density at radius 3 is 2.41 bits per heavy atom. The zero-order valence-electron chi connectivity index (χ0n) is 11.4. The molecule has 1 aromatic rings. The van der Waals surface area contributed by atoms with Gasteiger partial charge in [-0.1, -0.05) is 50.7 Å². The molecule has 94 valence electrons. The van der Waals surface area contributed by atoms with Crippen LogP contribution in [-0.4, -0.2) is 20.6 Å². The van der Waals surface area contributed by atoms with Crippen molar-refractivity contribution in [3.63, 3.8) is 0 Å². The molecule has 0 amide bonds. The van der Waals surface area contributed by atoms with E-state index in [1.807, 2.05) is 6.92 Å². The molecule has 0 unspecified atom stereocenters. The molecule has 2 nitrogen and oxygen atoms in total. The molecule has 0 aliphatic carbocycles. The van der Waals surface area contributed by atoms with E-state index in [4.69, 9.17) is 4.74 Å². The Kier molecular flexibility index (Phi) is 5.06. The predicted octanol–water partition coefficient (Wildman–Crippen LogP) is 3.96. The van der Waals surface area contributed by atoms with Crippen molar-refractivity contribution < 1.29 is 9.53 Å². The van der Waals surface area contributed by atoms with Crippen molar-refractivity contribution in [3.05, 3.63) is 28.5 Å². The van der Waals surface area contributed by atoms with Gasteiger partial charge in [-0.05, 0) is 24.3 Å². The van der Waals surface area contributed by atoms with Crippen molar-refractivity contribution in [2.45, 2.75) is 46.5 Å². The lowest BCUT2D eigenvalue weighted by Crippen LogP contribution is -2.20. The molecule has 17 heavy (non-hydrogen) atoms. The lowest BCUT2D eigenvalue weighted by atomic mass is 10.0. The molecule has 1 rings (SSSR count). The van der Waals surface area contributed by atoms with E-state index in [0.29, 0.717) is 18.4 Å². The first kappa shape index (κ1) is 14.1. The molecule has 0 radical (unpaired) electrons. The summed E-state index contributed by atoms with van der Waals surface area (Å²) >= 11 is 0. The summed E-state index contributed by atoms with van der Waals surface area (Å²) in [5.74, 6) is 0.915. The van der Waals surface area contributed by atoms with E-state index in [9.17, 15) is 4.79 Å². The highest BCUT2D eigenvalue weighted by molar-refractivity contribution is 6.83. The Morgan fingerprint density at radius 2 is 1.94 bits per heavy atom. The smallest absolute Gasteiger partial charge is 0.297 e. The van der Waals surface area contributed by atoms with Crippen LogP contribution in [0.3, 0.4) is 0 Å². The van der Waals surface area contributed by atoms with Gasteiger partial charge in [0.05, 0.1) is 6.61 Å². The van der Waals surface area contributed by atoms with Gasteiger partial charge < -0.3 is 4.74 Å². The first-order chi connectivity index (χ1) is 7.97. The topological polar surface area (TPSA) is 26.3 Å². The number of rotatable bonds is 4. The van der Waals surface area contributed by atoms with E-state index in [0.717, 1.165) is 0 Å². The number of carbonyl (C=O) groups is 1. The van der Waals surface area contributed by atoms with Gasteiger partial charge in [0.1, 0.15) is 0 Å². The Labute approximate surface area is 106 Å². The Bertz CT molecular complexity index is 397. The van der Waals surface area contributed by atoms with E-state index in [1.54, 1.807) is 0 Å². The second kappa shape index (κ2) is 6.10. The van der Waals surface area contributed by atoms with Crippen LogP contribution < -0.4 is 0 Å². The fourth-order valence-corrected chi connectivity index (χ4v) is 3.98. The molecule has 1 heterocycles. The van der Waals surface area contributed by atoms with Crippen LogP contribution in [0.4, 0.5) is 4.79 Å². The predicted molar refractivity (Wildman–Crippen MR) is 73.0 cm³/mol. The molecule has 0 aliphatic rings. The summed E-state index contributed by atoms with van der Waals surface area (Å²) in [6.45, 7) is 11.0. The maximum absolute atomic E-state index is 11.9. The fraction of sp³-hybridized carbons (Fsp3) is 0.571. The minimum atomic E-state index is -1.29. The van der Waals surface area contributed by atoms with Crippen molar-refractivity contribution >= 4 is 14.0 Å².